The van der Waals surface area contributed by atoms with Gasteiger partial charge in [-0.15, -0.1) is 0 Å². The third-order valence-electron chi connectivity index (χ3n) is 2.49. The fourth-order valence-corrected chi connectivity index (χ4v) is 3.29. The van der Waals surface area contributed by atoms with E-state index in [0.29, 0.717) is 24.3 Å². The molecule has 4 nitrogen and oxygen atoms in total. The van der Waals surface area contributed by atoms with Crippen molar-refractivity contribution in [3.05, 3.63) is 42.0 Å². The minimum atomic E-state index is -3.32. The van der Waals surface area contributed by atoms with Crippen molar-refractivity contribution in [2.75, 3.05) is 18.8 Å². The number of sulfonamides is 1. The summed E-state index contributed by atoms with van der Waals surface area (Å²) in [6, 6.07) is 6.95. The number of nitrogens with two attached hydrogens (primary N) is 1. The Labute approximate surface area is 109 Å². The molecule has 0 fully saturated rings. The second-order valence-electron chi connectivity index (χ2n) is 4.38. The van der Waals surface area contributed by atoms with Crippen LogP contribution in [0.2, 0.25) is 0 Å². The zero-order valence-corrected chi connectivity index (χ0v) is 11.7. The van der Waals surface area contributed by atoms with Crippen LogP contribution in [0.25, 0.3) is 0 Å². The largest absolute Gasteiger partial charge is 0.399 e. The Morgan fingerprint density at radius 2 is 2.11 bits per heavy atom. The van der Waals surface area contributed by atoms with E-state index in [-0.39, 0.29) is 5.75 Å². The van der Waals surface area contributed by atoms with E-state index in [1.165, 1.54) is 4.31 Å². The normalized spacial score (nSPS) is 11.7. The summed E-state index contributed by atoms with van der Waals surface area (Å²) in [6.07, 6.45) is 0. The van der Waals surface area contributed by atoms with Gasteiger partial charge in [0, 0.05) is 18.8 Å². The molecule has 0 spiro atoms. The topological polar surface area (TPSA) is 63.4 Å². The molecular weight excluding hydrogens is 248 g/mol. The van der Waals surface area contributed by atoms with Gasteiger partial charge in [0.1, 0.15) is 0 Å². The van der Waals surface area contributed by atoms with Gasteiger partial charge in [-0.05, 0) is 24.6 Å². The lowest BCUT2D eigenvalue weighted by Crippen LogP contribution is -2.33. The van der Waals surface area contributed by atoms with Crippen molar-refractivity contribution in [3.8, 4) is 0 Å². The van der Waals surface area contributed by atoms with E-state index in [9.17, 15) is 8.42 Å². The second-order valence-corrected chi connectivity index (χ2v) is 6.35. The molecule has 2 N–H and O–H groups in total. The van der Waals surface area contributed by atoms with E-state index in [4.69, 9.17) is 5.73 Å². The summed E-state index contributed by atoms with van der Waals surface area (Å²) in [7, 11) is -3.32. The van der Waals surface area contributed by atoms with E-state index >= 15 is 0 Å². The molecule has 1 aromatic carbocycles. The predicted molar refractivity (Wildman–Crippen MR) is 75.5 cm³/mol. The van der Waals surface area contributed by atoms with Crippen molar-refractivity contribution in [1.29, 1.82) is 0 Å². The van der Waals surface area contributed by atoms with Crippen molar-refractivity contribution in [1.82, 2.24) is 4.31 Å². The Bertz CT molecular complexity index is 524. The minimum Gasteiger partial charge on any atom is -0.399 e. The highest BCUT2D eigenvalue weighted by Crippen LogP contribution is 2.14. The van der Waals surface area contributed by atoms with Gasteiger partial charge in [-0.2, -0.15) is 4.31 Å². The summed E-state index contributed by atoms with van der Waals surface area (Å²) in [5, 5.41) is 0. The molecule has 100 valence electrons. The molecule has 0 aliphatic carbocycles. The van der Waals surface area contributed by atoms with Gasteiger partial charge in [0.05, 0.1) is 5.75 Å². The SMILES string of the molecule is C=C(C)CN(CC)S(=O)(=O)Cc1cccc(N)c1. The van der Waals surface area contributed by atoms with Crippen LogP contribution < -0.4 is 5.73 Å². The van der Waals surface area contributed by atoms with Gasteiger partial charge in [0.15, 0.2) is 0 Å². The van der Waals surface area contributed by atoms with Crippen molar-refractivity contribution < 1.29 is 8.42 Å². The molecule has 0 amide bonds. The predicted octanol–water partition coefficient (Wildman–Crippen LogP) is 2.00. The molecule has 0 saturated carbocycles. The second kappa shape index (κ2) is 6.02. The smallest absolute Gasteiger partial charge is 0.218 e. The number of hydrogen-bond acceptors (Lipinski definition) is 3. The number of likely N-dealkylation sites (N-methyl/N-ethyl adjacent to an activating group) is 1. The number of anilines is 1. The Kier molecular flexibility index (Phi) is 4.93. The minimum absolute atomic E-state index is 0.0286. The highest BCUT2D eigenvalue weighted by molar-refractivity contribution is 7.88. The molecule has 18 heavy (non-hydrogen) atoms. The fraction of sp³-hybridized carbons (Fsp3) is 0.385. The summed E-state index contributed by atoms with van der Waals surface area (Å²) < 4.78 is 25.9. The Morgan fingerprint density at radius 3 is 2.61 bits per heavy atom. The van der Waals surface area contributed by atoms with Gasteiger partial charge in [-0.25, -0.2) is 8.42 Å². The summed E-state index contributed by atoms with van der Waals surface area (Å²) >= 11 is 0. The van der Waals surface area contributed by atoms with Crippen molar-refractivity contribution in [3.63, 3.8) is 0 Å². The van der Waals surface area contributed by atoms with Gasteiger partial charge in [-0.3, -0.25) is 0 Å². The lowest BCUT2D eigenvalue weighted by Gasteiger charge is -2.20. The number of hydrogen-bond donors (Lipinski definition) is 1. The lowest BCUT2D eigenvalue weighted by molar-refractivity contribution is 0.452. The average molecular weight is 268 g/mol. The summed E-state index contributed by atoms with van der Waals surface area (Å²) in [4.78, 5) is 0. The third-order valence-corrected chi connectivity index (χ3v) is 4.36. The zero-order valence-electron chi connectivity index (χ0n) is 10.9. The van der Waals surface area contributed by atoms with Crippen LogP contribution in [0.3, 0.4) is 0 Å². The van der Waals surface area contributed by atoms with Gasteiger partial charge >= 0.3 is 0 Å². The van der Waals surface area contributed by atoms with Crippen LogP contribution in [0.1, 0.15) is 19.4 Å². The number of nitrogens with zero attached hydrogens (tertiary/aromatic N) is 1. The van der Waals surface area contributed by atoms with Crippen molar-refractivity contribution >= 4 is 15.7 Å². The molecule has 0 unspecified atom stereocenters. The molecule has 0 aliphatic heterocycles. The Balaban J connectivity index is 2.89. The first-order valence-electron chi connectivity index (χ1n) is 5.81. The highest BCUT2D eigenvalue weighted by Gasteiger charge is 2.20. The van der Waals surface area contributed by atoms with E-state index in [2.05, 4.69) is 6.58 Å². The molecule has 0 heterocycles. The maximum Gasteiger partial charge on any atom is 0.218 e. The average Bonchev–Trinajstić information content (AvgIpc) is 2.24. The summed E-state index contributed by atoms with van der Waals surface area (Å²) in [5.41, 5.74) is 7.75. The maximum atomic E-state index is 12.2. The molecule has 0 aliphatic rings. The molecular formula is C13H20N2O2S. The van der Waals surface area contributed by atoms with Gasteiger partial charge in [-0.1, -0.05) is 31.2 Å². The maximum absolute atomic E-state index is 12.2. The molecule has 0 bridgehead atoms. The molecule has 0 atom stereocenters. The van der Waals surface area contributed by atoms with Crippen LogP contribution in [0.4, 0.5) is 5.69 Å². The first-order chi connectivity index (χ1) is 8.35. The standard InChI is InChI=1S/C13H20N2O2S/c1-4-15(9-11(2)3)18(16,17)10-12-6-5-7-13(14)8-12/h5-8H,2,4,9-10,14H2,1,3H3. The molecule has 1 aromatic rings. The van der Waals surface area contributed by atoms with Crippen LogP contribution in [-0.4, -0.2) is 25.8 Å². The Hall–Kier alpha value is -1.33. The van der Waals surface area contributed by atoms with Crippen LogP contribution in [0.5, 0.6) is 0 Å². The first kappa shape index (κ1) is 14.7. The first-order valence-corrected chi connectivity index (χ1v) is 7.42. The summed E-state index contributed by atoms with van der Waals surface area (Å²) in [6.45, 7) is 8.19. The highest BCUT2D eigenvalue weighted by atomic mass is 32.2. The van der Waals surface area contributed by atoms with Crippen LogP contribution in [0.15, 0.2) is 36.4 Å². The third kappa shape index (κ3) is 4.16. The monoisotopic (exact) mass is 268 g/mol. The molecule has 1 rings (SSSR count). The molecule has 0 radical (unpaired) electrons. The van der Waals surface area contributed by atoms with Crippen LogP contribution >= 0.6 is 0 Å². The zero-order chi connectivity index (χ0) is 13.8. The fourth-order valence-electron chi connectivity index (χ4n) is 1.69. The molecule has 5 heteroatoms. The van der Waals surface area contributed by atoms with E-state index < -0.39 is 10.0 Å². The van der Waals surface area contributed by atoms with Crippen LogP contribution in [0, 0.1) is 0 Å². The van der Waals surface area contributed by atoms with Gasteiger partial charge in [0.2, 0.25) is 10.0 Å². The molecule has 0 aromatic heterocycles. The number of benzene rings is 1. The van der Waals surface area contributed by atoms with Gasteiger partial charge in [0.25, 0.3) is 0 Å². The van der Waals surface area contributed by atoms with E-state index in [1.807, 2.05) is 13.8 Å². The van der Waals surface area contributed by atoms with Crippen molar-refractivity contribution in [2.24, 2.45) is 0 Å². The Morgan fingerprint density at radius 1 is 1.44 bits per heavy atom. The molecule has 0 saturated heterocycles. The number of nitrogen functional groups attached to an aromatic ring is 1. The van der Waals surface area contributed by atoms with Crippen LogP contribution in [-0.2, 0) is 15.8 Å². The quantitative estimate of drug-likeness (QED) is 0.634. The van der Waals surface area contributed by atoms with Gasteiger partial charge < -0.3 is 5.73 Å². The number of rotatable bonds is 6. The lowest BCUT2D eigenvalue weighted by atomic mass is 10.2. The van der Waals surface area contributed by atoms with Crippen molar-refractivity contribution in [2.45, 2.75) is 19.6 Å². The van der Waals surface area contributed by atoms with E-state index in [1.54, 1.807) is 24.3 Å². The summed E-state index contributed by atoms with van der Waals surface area (Å²) in [5.74, 6) is -0.0286. The van der Waals surface area contributed by atoms with E-state index in [0.717, 1.165) is 5.57 Å².